The maximum Gasteiger partial charge on any atom is 0.279 e. The van der Waals surface area contributed by atoms with Gasteiger partial charge in [0.25, 0.3) is 5.91 Å². The van der Waals surface area contributed by atoms with E-state index in [9.17, 15) is 13.2 Å². The zero-order valence-electron chi connectivity index (χ0n) is 13.9. The van der Waals surface area contributed by atoms with Gasteiger partial charge in [0.05, 0.1) is 16.7 Å². The molecule has 0 atom stereocenters. The molecule has 0 radical (unpaired) electrons. The number of rotatable bonds is 3. The molecule has 0 saturated carbocycles. The van der Waals surface area contributed by atoms with Gasteiger partial charge in [-0.1, -0.05) is 17.4 Å². The summed E-state index contributed by atoms with van der Waals surface area (Å²) in [6, 6.07) is 11.4. The van der Waals surface area contributed by atoms with Gasteiger partial charge in [-0.25, -0.2) is 8.42 Å². The Bertz CT molecular complexity index is 1120. The van der Waals surface area contributed by atoms with E-state index in [2.05, 4.69) is 4.99 Å². The number of hydrogen-bond donors (Lipinski definition) is 0. The van der Waals surface area contributed by atoms with Gasteiger partial charge < -0.3 is 9.30 Å². The quantitative estimate of drug-likeness (QED) is 0.703. The molecule has 0 aliphatic carbocycles. The maximum absolute atomic E-state index is 12.4. The summed E-state index contributed by atoms with van der Waals surface area (Å²) in [5.74, 6) is 0.281. The number of benzene rings is 2. The highest BCUT2D eigenvalue weighted by molar-refractivity contribution is 7.90. The van der Waals surface area contributed by atoms with Gasteiger partial charge in [-0.3, -0.25) is 4.79 Å². The minimum atomic E-state index is -3.29. The first kappa shape index (κ1) is 17.4. The lowest BCUT2D eigenvalue weighted by Crippen LogP contribution is -2.13. The molecule has 0 unspecified atom stereocenters. The second-order valence-electron chi connectivity index (χ2n) is 5.46. The average Bonchev–Trinajstić information content (AvgIpc) is 2.90. The molecule has 0 aliphatic rings. The van der Waals surface area contributed by atoms with E-state index in [0.717, 1.165) is 16.5 Å². The number of para-hydroxylation sites is 1. The summed E-state index contributed by atoms with van der Waals surface area (Å²) >= 11 is 1.38. The van der Waals surface area contributed by atoms with Gasteiger partial charge in [-0.05, 0) is 36.4 Å². The number of aromatic nitrogens is 1. The molecule has 2 aromatic carbocycles. The van der Waals surface area contributed by atoms with Crippen LogP contribution in [0.15, 0.2) is 52.4 Å². The highest BCUT2D eigenvalue weighted by atomic mass is 32.2. The molecule has 0 saturated heterocycles. The van der Waals surface area contributed by atoms with Crippen molar-refractivity contribution < 1.29 is 17.9 Å². The minimum absolute atomic E-state index is 0.168. The number of aryl methyl sites for hydroxylation is 1. The monoisotopic (exact) mass is 376 g/mol. The second-order valence-corrected chi connectivity index (χ2v) is 8.49. The van der Waals surface area contributed by atoms with Crippen LogP contribution in [0.5, 0.6) is 5.75 Å². The Hall–Kier alpha value is -2.45. The molecule has 1 heterocycles. The summed E-state index contributed by atoms with van der Waals surface area (Å²) in [6.45, 7) is 0. The van der Waals surface area contributed by atoms with Crippen LogP contribution in [-0.2, 0) is 16.9 Å². The molecular formula is C17H16N2O4S2. The van der Waals surface area contributed by atoms with E-state index in [1.807, 2.05) is 29.8 Å². The number of fused-ring (bicyclic) bond motifs is 1. The topological polar surface area (TPSA) is 77.7 Å². The Morgan fingerprint density at radius 1 is 1.16 bits per heavy atom. The SMILES string of the molecule is COc1cccc2sc(=NC(=O)c3ccc(S(C)(=O)=O)cc3)n(C)c12. The van der Waals surface area contributed by atoms with E-state index in [0.29, 0.717) is 16.1 Å². The van der Waals surface area contributed by atoms with E-state index >= 15 is 0 Å². The second kappa shape index (κ2) is 6.45. The highest BCUT2D eigenvalue weighted by Gasteiger charge is 2.12. The van der Waals surface area contributed by atoms with Crippen molar-refractivity contribution in [3.8, 4) is 5.75 Å². The molecule has 1 amide bonds. The third kappa shape index (κ3) is 3.35. The molecule has 3 rings (SSSR count). The Labute approximate surface area is 148 Å². The molecular weight excluding hydrogens is 360 g/mol. The van der Waals surface area contributed by atoms with Crippen LogP contribution >= 0.6 is 11.3 Å². The van der Waals surface area contributed by atoms with Crippen molar-refractivity contribution in [3.05, 3.63) is 52.8 Å². The van der Waals surface area contributed by atoms with Crippen molar-refractivity contribution in [1.82, 2.24) is 4.57 Å². The number of sulfone groups is 1. The van der Waals surface area contributed by atoms with Crippen LogP contribution in [0.1, 0.15) is 10.4 Å². The standard InChI is InChI=1S/C17H16N2O4S2/c1-19-15-13(23-2)5-4-6-14(15)24-17(19)18-16(20)11-7-9-12(10-8-11)25(3,21)22/h4-10H,1-3H3. The third-order valence-electron chi connectivity index (χ3n) is 3.73. The number of thiazole rings is 1. The lowest BCUT2D eigenvalue weighted by Gasteiger charge is -2.03. The summed E-state index contributed by atoms with van der Waals surface area (Å²) in [7, 11) is 0.121. The first-order valence-corrected chi connectivity index (χ1v) is 10.0. The maximum atomic E-state index is 12.4. The van der Waals surface area contributed by atoms with Crippen molar-refractivity contribution in [2.24, 2.45) is 12.0 Å². The molecule has 130 valence electrons. The summed E-state index contributed by atoms with van der Waals surface area (Å²) in [4.78, 5) is 17.3. The lowest BCUT2D eigenvalue weighted by molar-refractivity contribution is 0.0998. The fourth-order valence-electron chi connectivity index (χ4n) is 2.44. The number of methoxy groups -OCH3 is 1. The molecule has 1 aromatic heterocycles. The molecule has 0 fully saturated rings. The van der Waals surface area contributed by atoms with E-state index in [-0.39, 0.29) is 4.90 Å². The Kier molecular flexibility index (Phi) is 4.49. The third-order valence-corrected chi connectivity index (χ3v) is 5.96. The molecule has 25 heavy (non-hydrogen) atoms. The number of carbonyl (C=O) groups excluding carboxylic acids is 1. The minimum Gasteiger partial charge on any atom is -0.495 e. The number of carbonyl (C=O) groups is 1. The van der Waals surface area contributed by atoms with Gasteiger partial charge in [0, 0.05) is 18.9 Å². The van der Waals surface area contributed by atoms with Gasteiger partial charge >= 0.3 is 0 Å². The van der Waals surface area contributed by atoms with Crippen LogP contribution in [-0.4, -0.2) is 32.3 Å². The van der Waals surface area contributed by atoms with Crippen LogP contribution in [0.25, 0.3) is 10.2 Å². The molecule has 8 heteroatoms. The Morgan fingerprint density at radius 3 is 2.44 bits per heavy atom. The van der Waals surface area contributed by atoms with Crippen LogP contribution in [0.2, 0.25) is 0 Å². The molecule has 0 N–H and O–H groups in total. The first-order chi connectivity index (χ1) is 11.8. The summed E-state index contributed by atoms with van der Waals surface area (Å²) in [6.07, 6.45) is 1.12. The van der Waals surface area contributed by atoms with Crippen LogP contribution in [0, 0.1) is 0 Å². The number of hydrogen-bond acceptors (Lipinski definition) is 5. The Morgan fingerprint density at radius 2 is 1.84 bits per heavy atom. The largest absolute Gasteiger partial charge is 0.495 e. The van der Waals surface area contributed by atoms with Crippen molar-refractivity contribution in [2.75, 3.05) is 13.4 Å². The summed E-state index contributed by atoms with van der Waals surface area (Å²) in [5.41, 5.74) is 1.20. The van der Waals surface area contributed by atoms with E-state index in [1.165, 1.54) is 35.6 Å². The van der Waals surface area contributed by atoms with E-state index in [1.54, 1.807) is 7.11 Å². The number of nitrogens with zero attached hydrogens (tertiary/aromatic N) is 2. The normalized spacial score (nSPS) is 12.5. The van der Waals surface area contributed by atoms with E-state index in [4.69, 9.17) is 4.74 Å². The van der Waals surface area contributed by atoms with Gasteiger partial charge in [-0.15, -0.1) is 0 Å². The molecule has 3 aromatic rings. The summed E-state index contributed by atoms with van der Waals surface area (Å²) < 4.78 is 31.1. The van der Waals surface area contributed by atoms with Gasteiger partial charge in [0.2, 0.25) is 0 Å². The smallest absolute Gasteiger partial charge is 0.279 e. The molecule has 0 spiro atoms. The Balaban J connectivity index is 2.05. The van der Waals surface area contributed by atoms with Gasteiger partial charge in [-0.2, -0.15) is 4.99 Å². The number of ether oxygens (including phenoxy) is 1. The van der Waals surface area contributed by atoms with E-state index < -0.39 is 15.7 Å². The van der Waals surface area contributed by atoms with Crippen LogP contribution in [0.4, 0.5) is 0 Å². The zero-order chi connectivity index (χ0) is 18.2. The van der Waals surface area contributed by atoms with Crippen molar-refractivity contribution in [1.29, 1.82) is 0 Å². The first-order valence-electron chi connectivity index (χ1n) is 7.33. The summed E-state index contributed by atoms with van der Waals surface area (Å²) in [5, 5.41) is 0. The number of amides is 1. The molecule has 6 nitrogen and oxygen atoms in total. The predicted octanol–water partition coefficient (Wildman–Crippen LogP) is 2.39. The van der Waals surface area contributed by atoms with Crippen molar-refractivity contribution in [2.45, 2.75) is 4.90 Å². The van der Waals surface area contributed by atoms with Crippen LogP contribution in [0.3, 0.4) is 0 Å². The predicted molar refractivity (Wildman–Crippen MR) is 96.8 cm³/mol. The van der Waals surface area contributed by atoms with Crippen LogP contribution < -0.4 is 9.54 Å². The van der Waals surface area contributed by atoms with Crippen molar-refractivity contribution >= 4 is 37.3 Å². The molecule has 0 aliphatic heterocycles. The van der Waals surface area contributed by atoms with Gasteiger partial charge in [0.15, 0.2) is 14.6 Å². The fourth-order valence-corrected chi connectivity index (χ4v) is 4.10. The van der Waals surface area contributed by atoms with Crippen molar-refractivity contribution in [3.63, 3.8) is 0 Å². The van der Waals surface area contributed by atoms with Gasteiger partial charge in [0.1, 0.15) is 11.3 Å². The fraction of sp³-hybridized carbons (Fsp3) is 0.176. The highest BCUT2D eigenvalue weighted by Crippen LogP contribution is 2.26. The zero-order valence-corrected chi connectivity index (χ0v) is 15.5. The lowest BCUT2D eigenvalue weighted by atomic mass is 10.2. The molecule has 0 bridgehead atoms. The average molecular weight is 376 g/mol.